The predicted molar refractivity (Wildman–Crippen MR) is 77.6 cm³/mol. The van der Waals surface area contributed by atoms with Crippen LogP contribution in [0.25, 0.3) is 0 Å². The molecule has 0 aliphatic heterocycles. The zero-order valence-electron chi connectivity index (χ0n) is 12.9. The highest BCUT2D eigenvalue weighted by Crippen LogP contribution is 2.43. The number of hydrogen-bond acceptors (Lipinski definition) is 3. The summed E-state index contributed by atoms with van der Waals surface area (Å²) in [5.41, 5.74) is 6.24. The van der Waals surface area contributed by atoms with Crippen LogP contribution in [0.4, 0.5) is 0 Å². The highest BCUT2D eigenvalue weighted by atomic mass is 16.5. The van der Waals surface area contributed by atoms with Crippen molar-refractivity contribution in [2.24, 2.45) is 23.5 Å². The van der Waals surface area contributed by atoms with Gasteiger partial charge in [0, 0.05) is 26.7 Å². The van der Waals surface area contributed by atoms with Gasteiger partial charge in [-0.05, 0) is 30.6 Å². The maximum absolute atomic E-state index is 6.17. The van der Waals surface area contributed by atoms with Crippen LogP contribution >= 0.6 is 0 Å². The van der Waals surface area contributed by atoms with Crippen molar-refractivity contribution in [3.8, 4) is 0 Å². The first-order chi connectivity index (χ1) is 8.46. The number of methoxy groups -OCH3 is 1. The summed E-state index contributed by atoms with van der Waals surface area (Å²) >= 11 is 0. The molecule has 1 saturated carbocycles. The third kappa shape index (κ3) is 3.94. The summed E-state index contributed by atoms with van der Waals surface area (Å²) in [6.45, 7) is 12.9. The van der Waals surface area contributed by atoms with E-state index in [1.165, 1.54) is 12.8 Å². The molecule has 0 aromatic heterocycles. The number of rotatable bonds is 9. The van der Waals surface area contributed by atoms with Gasteiger partial charge in [0.05, 0.1) is 12.1 Å². The Hall–Kier alpha value is -0.120. The predicted octanol–water partition coefficient (Wildman–Crippen LogP) is 2.35. The molecule has 0 radical (unpaired) electrons. The van der Waals surface area contributed by atoms with Gasteiger partial charge in [0.1, 0.15) is 0 Å². The molecule has 1 unspecified atom stereocenters. The second-order valence-electron chi connectivity index (χ2n) is 6.71. The molecule has 3 heteroatoms. The summed E-state index contributed by atoms with van der Waals surface area (Å²) in [7, 11) is 1.80. The summed E-state index contributed by atoms with van der Waals surface area (Å²) in [6.07, 6.45) is 2.63. The maximum Gasteiger partial charge on any atom is 0.0661 e. The third-order valence-corrected chi connectivity index (χ3v) is 3.89. The van der Waals surface area contributed by atoms with E-state index in [9.17, 15) is 0 Å². The van der Waals surface area contributed by atoms with E-state index in [0.29, 0.717) is 18.4 Å². The van der Waals surface area contributed by atoms with Gasteiger partial charge in [-0.25, -0.2) is 0 Å². The van der Waals surface area contributed by atoms with E-state index in [2.05, 4.69) is 32.6 Å². The zero-order valence-corrected chi connectivity index (χ0v) is 12.9. The average Bonchev–Trinajstić information content (AvgIpc) is 3.07. The highest BCUT2D eigenvalue weighted by Gasteiger charge is 2.48. The van der Waals surface area contributed by atoms with E-state index < -0.39 is 0 Å². The van der Waals surface area contributed by atoms with E-state index in [1.54, 1.807) is 7.11 Å². The number of ether oxygens (including phenoxy) is 1. The van der Waals surface area contributed by atoms with Crippen LogP contribution in [-0.2, 0) is 4.74 Å². The van der Waals surface area contributed by atoms with Gasteiger partial charge in [-0.2, -0.15) is 0 Å². The van der Waals surface area contributed by atoms with Crippen molar-refractivity contribution >= 4 is 0 Å². The Morgan fingerprint density at radius 2 is 1.67 bits per heavy atom. The van der Waals surface area contributed by atoms with Crippen LogP contribution in [-0.4, -0.2) is 43.8 Å². The van der Waals surface area contributed by atoms with Gasteiger partial charge in [-0.15, -0.1) is 0 Å². The van der Waals surface area contributed by atoms with Crippen LogP contribution < -0.4 is 5.73 Å². The molecule has 0 aromatic carbocycles. The Bertz CT molecular complexity index is 229. The molecular weight excluding hydrogens is 224 g/mol. The minimum absolute atomic E-state index is 0.0727. The normalized spacial score (nSPS) is 19.8. The fourth-order valence-electron chi connectivity index (χ4n) is 3.01. The summed E-state index contributed by atoms with van der Waals surface area (Å²) in [4.78, 5) is 2.61. The molecule has 108 valence electrons. The van der Waals surface area contributed by atoms with Gasteiger partial charge in [-0.1, -0.05) is 27.7 Å². The van der Waals surface area contributed by atoms with Crippen LogP contribution in [0.5, 0.6) is 0 Å². The lowest BCUT2D eigenvalue weighted by molar-refractivity contribution is -0.0135. The molecular formula is C15H32N2O. The van der Waals surface area contributed by atoms with Gasteiger partial charge in [0.25, 0.3) is 0 Å². The molecule has 0 spiro atoms. The summed E-state index contributed by atoms with van der Waals surface area (Å²) < 4.78 is 5.52. The average molecular weight is 256 g/mol. The molecule has 18 heavy (non-hydrogen) atoms. The monoisotopic (exact) mass is 256 g/mol. The van der Waals surface area contributed by atoms with Crippen LogP contribution in [0, 0.1) is 17.8 Å². The Labute approximate surface area is 113 Å². The molecule has 1 rings (SSSR count). The van der Waals surface area contributed by atoms with Gasteiger partial charge < -0.3 is 10.5 Å². The number of nitrogens with zero attached hydrogens (tertiary/aromatic N) is 1. The lowest BCUT2D eigenvalue weighted by Gasteiger charge is -2.45. The minimum atomic E-state index is 0.0727. The number of nitrogens with two attached hydrogens (primary N) is 1. The van der Waals surface area contributed by atoms with Crippen molar-refractivity contribution in [1.29, 1.82) is 0 Å². The van der Waals surface area contributed by atoms with Crippen molar-refractivity contribution in [2.45, 2.75) is 46.1 Å². The molecule has 1 fully saturated rings. The van der Waals surface area contributed by atoms with E-state index in [4.69, 9.17) is 10.5 Å². The summed E-state index contributed by atoms with van der Waals surface area (Å²) in [5, 5.41) is 0. The van der Waals surface area contributed by atoms with Crippen LogP contribution in [0.3, 0.4) is 0 Å². The summed E-state index contributed by atoms with van der Waals surface area (Å²) in [6, 6.07) is 0. The van der Waals surface area contributed by atoms with Crippen LogP contribution in [0.15, 0.2) is 0 Å². The van der Waals surface area contributed by atoms with Crippen molar-refractivity contribution in [2.75, 3.05) is 33.4 Å². The van der Waals surface area contributed by atoms with Crippen molar-refractivity contribution in [1.82, 2.24) is 4.90 Å². The van der Waals surface area contributed by atoms with Crippen LogP contribution in [0.1, 0.15) is 40.5 Å². The van der Waals surface area contributed by atoms with E-state index in [-0.39, 0.29) is 5.54 Å². The zero-order chi connectivity index (χ0) is 13.8. The Kier molecular flexibility index (Phi) is 6.09. The Balaban J connectivity index is 2.86. The lowest BCUT2D eigenvalue weighted by Crippen LogP contribution is -2.60. The smallest absolute Gasteiger partial charge is 0.0661 e. The first-order valence-corrected chi connectivity index (χ1v) is 7.40. The SMILES string of the molecule is COCC(CN)(C1CC1)N(CC(C)C)CC(C)C. The second-order valence-corrected chi connectivity index (χ2v) is 6.71. The fourth-order valence-corrected chi connectivity index (χ4v) is 3.01. The third-order valence-electron chi connectivity index (χ3n) is 3.89. The first kappa shape index (κ1) is 15.9. The fraction of sp³-hybridized carbons (Fsp3) is 1.00. The first-order valence-electron chi connectivity index (χ1n) is 7.40. The molecule has 0 bridgehead atoms. The van der Waals surface area contributed by atoms with Crippen molar-refractivity contribution in [3.05, 3.63) is 0 Å². The second kappa shape index (κ2) is 6.88. The molecule has 0 aromatic rings. The van der Waals surface area contributed by atoms with Crippen molar-refractivity contribution in [3.63, 3.8) is 0 Å². The van der Waals surface area contributed by atoms with E-state index in [1.807, 2.05) is 0 Å². The topological polar surface area (TPSA) is 38.5 Å². The van der Waals surface area contributed by atoms with E-state index >= 15 is 0 Å². The molecule has 3 nitrogen and oxygen atoms in total. The van der Waals surface area contributed by atoms with Gasteiger partial charge >= 0.3 is 0 Å². The summed E-state index contributed by atoms with van der Waals surface area (Å²) in [5.74, 6) is 2.08. The van der Waals surface area contributed by atoms with E-state index in [0.717, 1.165) is 25.6 Å². The molecule has 0 saturated heterocycles. The molecule has 0 amide bonds. The molecule has 1 atom stereocenters. The van der Waals surface area contributed by atoms with Gasteiger partial charge in [0.2, 0.25) is 0 Å². The highest BCUT2D eigenvalue weighted by molar-refractivity contribution is 5.04. The maximum atomic E-state index is 6.17. The molecule has 1 aliphatic rings. The van der Waals surface area contributed by atoms with Gasteiger partial charge in [0.15, 0.2) is 0 Å². The standard InChI is InChI=1S/C15H32N2O/c1-12(2)8-17(9-13(3)4)15(10-16,11-18-5)14-6-7-14/h12-14H,6-11,16H2,1-5H3. The van der Waals surface area contributed by atoms with Crippen molar-refractivity contribution < 1.29 is 4.74 Å². The Morgan fingerprint density at radius 3 is 1.94 bits per heavy atom. The van der Waals surface area contributed by atoms with Gasteiger partial charge in [-0.3, -0.25) is 4.90 Å². The largest absolute Gasteiger partial charge is 0.383 e. The Morgan fingerprint density at radius 1 is 1.17 bits per heavy atom. The molecule has 0 heterocycles. The minimum Gasteiger partial charge on any atom is -0.383 e. The molecule has 1 aliphatic carbocycles. The lowest BCUT2D eigenvalue weighted by atomic mass is 9.89. The van der Waals surface area contributed by atoms with Crippen LogP contribution in [0.2, 0.25) is 0 Å². The number of hydrogen-bond donors (Lipinski definition) is 1. The molecule has 2 N–H and O–H groups in total. The quantitative estimate of drug-likeness (QED) is 0.688.